The van der Waals surface area contributed by atoms with E-state index < -0.39 is 17.8 Å². The lowest BCUT2D eigenvalue weighted by molar-refractivity contribution is -0.137. The van der Waals surface area contributed by atoms with Crippen LogP contribution in [-0.4, -0.2) is 12.9 Å². The van der Waals surface area contributed by atoms with E-state index in [4.69, 9.17) is 9.47 Å². The third-order valence-corrected chi connectivity index (χ3v) is 4.89. The number of carbonyl (C=O) groups is 1. The second-order valence-corrected chi connectivity index (χ2v) is 6.82. The summed E-state index contributed by atoms with van der Waals surface area (Å²) in [5.74, 6) is 0.717. The fourth-order valence-corrected chi connectivity index (χ4v) is 3.34. The summed E-state index contributed by atoms with van der Waals surface area (Å²) in [5, 5.41) is 0. The number of ketones is 1. The summed E-state index contributed by atoms with van der Waals surface area (Å²) in [4.78, 5) is 13.3. The summed E-state index contributed by atoms with van der Waals surface area (Å²) in [6.07, 6.45) is -3.53. The fourth-order valence-electron chi connectivity index (χ4n) is 3.34. The Labute approximate surface area is 171 Å². The highest BCUT2D eigenvalue weighted by Gasteiger charge is 2.34. The zero-order chi connectivity index (χ0) is 21.3. The molecule has 0 saturated carbocycles. The lowest BCUT2D eigenvalue weighted by atomic mass is 9.89. The Hall–Kier alpha value is -3.54. The molecule has 4 rings (SSSR count). The van der Waals surface area contributed by atoms with Crippen LogP contribution in [0.5, 0.6) is 11.5 Å². The van der Waals surface area contributed by atoms with E-state index in [0.29, 0.717) is 28.2 Å². The van der Waals surface area contributed by atoms with Crippen molar-refractivity contribution in [3.63, 3.8) is 0 Å². The third kappa shape index (κ3) is 3.81. The van der Waals surface area contributed by atoms with Crippen LogP contribution in [0, 0.1) is 0 Å². The molecule has 6 heteroatoms. The topological polar surface area (TPSA) is 35.5 Å². The van der Waals surface area contributed by atoms with Crippen LogP contribution in [0.15, 0.2) is 78.4 Å². The van der Waals surface area contributed by atoms with Crippen LogP contribution in [0.2, 0.25) is 0 Å². The van der Waals surface area contributed by atoms with Crippen LogP contribution in [0.4, 0.5) is 13.2 Å². The van der Waals surface area contributed by atoms with E-state index in [1.54, 1.807) is 24.3 Å². The number of methoxy groups -OCH3 is 1. The Morgan fingerprint density at radius 1 is 0.967 bits per heavy atom. The second kappa shape index (κ2) is 7.71. The van der Waals surface area contributed by atoms with Crippen LogP contribution in [0.25, 0.3) is 6.08 Å². The van der Waals surface area contributed by atoms with Crippen LogP contribution in [0.3, 0.4) is 0 Å². The molecule has 1 aliphatic rings. The van der Waals surface area contributed by atoms with Gasteiger partial charge >= 0.3 is 6.18 Å². The van der Waals surface area contributed by atoms with Crippen LogP contribution in [0.1, 0.15) is 33.2 Å². The quantitative estimate of drug-likeness (QED) is 0.489. The van der Waals surface area contributed by atoms with Crippen molar-refractivity contribution in [3.8, 4) is 11.5 Å². The molecular weight excluding hydrogens is 393 g/mol. The van der Waals surface area contributed by atoms with Gasteiger partial charge in [-0.15, -0.1) is 0 Å². The Bertz CT molecular complexity index is 1100. The first kappa shape index (κ1) is 19.8. The van der Waals surface area contributed by atoms with E-state index in [2.05, 4.69) is 0 Å². The Balaban J connectivity index is 1.80. The van der Waals surface area contributed by atoms with Gasteiger partial charge in [0.15, 0.2) is 11.9 Å². The normalized spacial score (nSPS) is 17.4. The number of alkyl halides is 3. The van der Waals surface area contributed by atoms with Gasteiger partial charge < -0.3 is 9.47 Å². The van der Waals surface area contributed by atoms with Gasteiger partial charge in [0.05, 0.1) is 18.2 Å². The highest BCUT2D eigenvalue weighted by molar-refractivity contribution is 6.14. The molecule has 1 unspecified atom stereocenters. The molecule has 0 aliphatic carbocycles. The summed E-state index contributed by atoms with van der Waals surface area (Å²) in [7, 11) is 1.52. The molecule has 0 spiro atoms. The van der Waals surface area contributed by atoms with Gasteiger partial charge in [0.25, 0.3) is 0 Å². The van der Waals surface area contributed by atoms with Crippen LogP contribution >= 0.6 is 0 Å². The maximum absolute atomic E-state index is 13.3. The predicted molar refractivity (Wildman–Crippen MR) is 107 cm³/mol. The second-order valence-electron chi connectivity index (χ2n) is 6.82. The number of carbonyl (C=O) groups excluding carboxylic acids is 1. The molecule has 0 bridgehead atoms. The van der Waals surface area contributed by atoms with Crippen molar-refractivity contribution in [2.75, 3.05) is 7.11 Å². The molecule has 0 amide bonds. The van der Waals surface area contributed by atoms with Gasteiger partial charge in [-0.25, -0.2) is 0 Å². The molecule has 1 atom stereocenters. The number of rotatable bonds is 3. The summed E-state index contributed by atoms with van der Waals surface area (Å²) >= 11 is 0. The van der Waals surface area contributed by atoms with Crippen LogP contribution < -0.4 is 9.47 Å². The fraction of sp³-hybridized carbons (Fsp3) is 0.125. The van der Waals surface area contributed by atoms with E-state index >= 15 is 0 Å². The largest absolute Gasteiger partial charge is 0.497 e. The molecule has 0 N–H and O–H groups in total. The molecule has 152 valence electrons. The molecule has 3 aromatic carbocycles. The van der Waals surface area contributed by atoms with Crippen molar-refractivity contribution in [3.05, 3.63) is 101 Å². The van der Waals surface area contributed by atoms with Crippen molar-refractivity contribution >= 4 is 11.9 Å². The number of ether oxygens (including phenoxy) is 2. The van der Waals surface area contributed by atoms with Gasteiger partial charge in [-0.1, -0.05) is 42.5 Å². The van der Waals surface area contributed by atoms with E-state index in [9.17, 15) is 18.0 Å². The van der Waals surface area contributed by atoms with Gasteiger partial charge in [0.2, 0.25) is 0 Å². The summed E-state index contributed by atoms with van der Waals surface area (Å²) < 4.78 is 49.9. The summed E-state index contributed by atoms with van der Waals surface area (Å²) in [5.41, 5.74) is 1.22. The molecule has 1 heterocycles. The Morgan fingerprint density at radius 3 is 2.30 bits per heavy atom. The number of benzene rings is 3. The minimum atomic E-state index is -4.42. The molecule has 3 nitrogen and oxygen atoms in total. The van der Waals surface area contributed by atoms with Gasteiger partial charge in [0.1, 0.15) is 11.5 Å². The SMILES string of the molecule is COc1ccc2c(c1)OC(c1ccccc1)/C(=C/c1ccc(C(F)(F)F)cc1)C2=O. The van der Waals surface area contributed by atoms with Gasteiger partial charge in [-0.05, 0) is 41.5 Å². The van der Waals surface area contributed by atoms with Gasteiger partial charge in [-0.2, -0.15) is 13.2 Å². The smallest absolute Gasteiger partial charge is 0.416 e. The monoisotopic (exact) mass is 410 g/mol. The number of Topliss-reactive ketones (excluding diaryl/α,β-unsaturated/α-hetero) is 1. The maximum Gasteiger partial charge on any atom is 0.416 e. The average molecular weight is 410 g/mol. The average Bonchev–Trinajstić information content (AvgIpc) is 2.75. The minimum absolute atomic E-state index is 0.243. The minimum Gasteiger partial charge on any atom is -0.497 e. The van der Waals surface area contributed by atoms with Crippen molar-refractivity contribution < 1.29 is 27.4 Å². The van der Waals surface area contributed by atoms with Crippen molar-refractivity contribution in [1.29, 1.82) is 0 Å². The van der Waals surface area contributed by atoms with Gasteiger partial charge in [0, 0.05) is 11.6 Å². The Morgan fingerprint density at radius 2 is 1.67 bits per heavy atom. The first-order valence-corrected chi connectivity index (χ1v) is 9.20. The number of halogens is 3. The highest BCUT2D eigenvalue weighted by Crippen LogP contribution is 2.41. The van der Waals surface area contributed by atoms with E-state index in [0.717, 1.165) is 17.7 Å². The lowest BCUT2D eigenvalue weighted by Crippen LogP contribution is -2.23. The van der Waals surface area contributed by atoms with E-state index in [1.165, 1.54) is 19.2 Å². The van der Waals surface area contributed by atoms with Crippen molar-refractivity contribution in [2.24, 2.45) is 0 Å². The number of fused-ring (bicyclic) bond motifs is 1. The standard InChI is InChI=1S/C24H17F3O3/c1-29-18-11-12-19-21(14-18)30-23(16-5-3-2-4-6-16)20(22(19)28)13-15-7-9-17(10-8-15)24(25,26)27/h2-14,23H,1H3/b20-13+. The van der Waals surface area contributed by atoms with Crippen molar-refractivity contribution in [1.82, 2.24) is 0 Å². The van der Waals surface area contributed by atoms with Crippen molar-refractivity contribution in [2.45, 2.75) is 12.3 Å². The molecule has 0 aromatic heterocycles. The van der Waals surface area contributed by atoms with Crippen LogP contribution in [-0.2, 0) is 6.18 Å². The summed E-state index contributed by atoms with van der Waals surface area (Å²) in [6, 6.07) is 18.8. The zero-order valence-corrected chi connectivity index (χ0v) is 15.9. The molecule has 0 fully saturated rings. The first-order valence-electron chi connectivity index (χ1n) is 9.20. The molecule has 3 aromatic rings. The molecule has 1 aliphatic heterocycles. The lowest BCUT2D eigenvalue weighted by Gasteiger charge is -2.28. The highest BCUT2D eigenvalue weighted by atomic mass is 19.4. The summed E-state index contributed by atoms with van der Waals surface area (Å²) in [6.45, 7) is 0. The molecule has 30 heavy (non-hydrogen) atoms. The van der Waals surface area contributed by atoms with E-state index in [-0.39, 0.29) is 5.78 Å². The predicted octanol–water partition coefficient (Wildman–Crippen LogP) is 6.11. The molecule has 0 saturated heterocycles. The Kier molecular flexibility index (Phi) is 5.08. The van der Waals surface area contributed by atoms with Gasteiger partial charge in [-0.3, -0.25) is 4.79 Å². The molecular formula is C24H17F3O3. The number of hydrogen-bond acceptors (Lipinski definition) is 3. The third-order valence-electron chi connectivity index (χ3n) is 4.89. The first-order chi connectivity index (χ1) is 14.4. The molecule has 0 radical (unpaired) electrons. The number of hydrogen-bond donors (Lipinski definition) is 0. The van der Waals surface area contributed by atoms with E-state index in [1.807, 2.05) is 30.3 Å². The zero-order valence-electron chi connectivity index (χ0n) is 15.9. The maximum atomic E-state index is 13.3.